The molecule has 2 aromatic rings. The lowest BCUT2D eigenvalue weighted by Gasteiger charge is -2.10. The summed E-state index contributed by atoms with van der Waals surface area (Å²) in [5.74, 6) is -0.0839. The van der Waals surface area contributed by atoms with E-state index in [-0.39, 0.29) is 23.9 Å². The summed E-state index contributed by atoms with van der Waals surface area (Å²) in [7, 11) is 0. The number of halogens is 1. The number of nitrogens with one attached hydrogen (secondary N) is 2. The highest BCUT2D eigenvalue weighted by molar-refractivity contribution is 5.94. The fraction of sp³-hybridized carbons (Fsp3) is 0.333. The highest BCUT2D eigenvalue weighted by Crippen LogP contribution is 2.19. The number of para-hydroxylation sites is 1. The van der Waals surface area contributed by atoms with Crippen molar-refractivity contribution in [1.29, 1.82) is 0 Å². The topological polar surface area (TPSA) is 67.4 Å². The van der Waals surface area contributed by atoms with E-state index in [2.05, 4.69) is 10.6 Å². The fourth-order valence-electron chi connectivity index (χ4n) is 2.56. The molecule has 2 amide bonds. The molecule has 0 heterocycles. The third kappa shape index (κ3) is 6.40. The van der Waals surface area contributed by atoms with E-state index < -0.39 is 5.82 Å². The Kier molecular flexibility index (Phi) is 7.79. The summed E-state index contributed by atoms with van der Waals surface area (Å²) in [5.41, 5.74) is 1.74. The van der Waals surface area contributed by atoms with E-state index >= 15 is 0 Å². The third-order valence-electron chi connectivity index (χ3n) is 4.06. The molecule has 0 spiro atoms. The van der Waals surface area contributed by atoms with Gasteiger partial charge in [-0.05, 0) is 49.6 Å². The zero-order valence-electron chi connectivity index (χ0n) is 15.7. The van der Waals surface area contributed by atoms with Crippen molar-refractivity contribution < 1.29 is 18.7 Å². The number of ether oxygens (including phenoxy) is 1. The molecule has 2 aromatic carbocycles. The Hall–Kier alpha value is -2.89. The maximum absolute atomic E-state index is 13.5. The van der Waals surface area contributed by atoms with E-state index in [1.54, 1.807) is 19.1 Å². The minimum absolute atomic E-state index is 0.100. The number of rotatable bonds is 9. The van der Waals surface area contributed by atoms with Crippen molar-refractivity contribution in [3.8, 4) is 5.75 Å². The molecule has 0 saturated carbocycles. The number of hydrogen-bond acceptors (Lipinski definition) is 3. The van der Waals surface area contributed by atoms with Crippen LogP contribution < -0.4 is 15.4 Å². The van der Waals surface area contributed by atoms with Crippen molar-refractivity contribution >= 4 is 11.8 Å². The Labute approximate surface area is 158 Å². The van der Waals surface area contributed by atoms with E-state index in [1.807, 2.05) is 31.2 Å². The van der Waals surface area contributed by atoms with Gasteiger partial charge >= 0.3 is 0 Å². The van der Waals surface area contributed by atoms with Gasteiger partial charge in [0.2, 0.25) is 5.91 Å². The van der Waals surface area contributed by atoms with Crippen LogP contribution in [0.25, 0.3) is 0 Å². The fourth-order valence-corrected chi connectivity index (χ4v) is 2.56. The maximum atomic E-state index is 13.5. The van der Waals surface area contributed by atoms with E-state index in [4.69, 9.17) is 4.74 Å². The molecule has 0 bridgehead atoms. The Morgan fingerprint density at radius 2 is 1.81 bits per heavy atom. The van der Waals surface area contributed by atoms with Crippen molar-refractivity contribution in [3.63, 3.8) is 0 Å². The van der Waals surface area contributed by atoms with Crippen molar-refractivity contribution in [2.24, 2.45) is 0 Å². The molecule has 2 rings (SSSR count). The molecular formula is C21H25FN2O3. The zero-order valence-corrected chi connectivity index (χ0v) is 15.7. The van der Waals surface area contributed by atoms with Crippen LogP contribution in [0.4, 0.5) is 4.39 Å². The van der Waals surface area contributed by atoms with Crippen LogP contribution in [0.1, 0.15) is 34.8 Å². The first-order valence-electron chi connectivity index (χ1n) is 9.03. The number of hydrogen-bond donors (Lipinski definition) is 2. The maximum Gasteiger partial charge on any atom is 0.251 e. The molecule has 0 radical (unpaired) electrons. The number of carbonyl (C=O) groups excluding carboxylic acids is 2. The first-order valence-corrected chi connectivity index (χ1v) is 9.03. The van der Waals surface area contributed by atoms with Crippen LogP contribution in [0.3, 0.4) is 0 Å². The molecule has 5 nitrogen and oxygen atoms in total. The standard InChI is InChI=1S/C21H25FN2O3/c1-3-27-19-7-5-4-6-16(19)10-11-20(25)23-12-13-24-21(26)17-9-8-15(2)18(22)14-17/h4-9,14H,3,10-13H2,1-2H3,(H,23,25)(H,24,26). The van der Waals surface area contributed by atoms with E-state index in [9.17, 15) is 14.0 Å². The Morgan fingerprint density at radius 1 is 1.07 bits per heavy atom. The first-order chi connectivity index (χ1) is 13.0. The van der Waals surface area contributed by atoms with Crippen molar-refractivity contribution in [1.82, 2.24) is 10.6 Å². The van der Waals surface area contributed by atoms with Gasteiger partial charge in [-0.3, -0.25) is 9.59 Å². The molecule has 0 fully saturated rings. The molecule has 0 aliphatic carbocycles. The second-order valence-electron chi connectivity index (χ2n) is 6.11. The van der Waals surface area contributed by atoms with Crippen LogP contribution in [-0.2, 0) is 11.2 Å². The van der Waals surface area contributed by atoms with Gasteiger partial charge in [-0.2, -0.15) is 0 Å². The van der Waals surface area contributed by atoms with Gasteiger partial charge in [0.15, 0.2) is 0 Å². The molecule has 0 unspecified atom stereocenters. The SMILES string of the molecule is CCOc1ccccc1CCC(=O)NCCNC(=O)c1ccc(C)c(F)c1. The third-order valence-corrected chi connectivity index (χ3v) is 4.06. The summed E-state index contributed by atoms with van der Waals surface area (Å²) < 4.78 is 19.0. The van der Waals surface area contributed by atoms with Crippen LogP contribution >= 0.6 is 0 Å². The average Bonchev–Trinajstić information content (AvgIpc) is 2.66. The Bertz CT molecular complexity index is 793. The quantitative estimate of drug-likeness (QED) is 0.665. The van der Waals surface area contributed by atoms with Gasteiger partial charge in [0.1, 0.15) is 11.6 Å². The number of benzene rings is 2. The zero-order chi connectivity index (χ0) is 19.6. The molecule has 2 N–H and O–H groups in total. The number of amides is 2. The molecule has 0 aliphatic heterocycles. The van der Waals surface area contributed by atoms with Gasteiger partial charge in [-0.25, -0.2) is 4.39 Å². The van der Waals surface area contributed by atoms with Crippen LogP contribution in [0.2, 0.25) is 0 Å². The summed E-state index contributed by atoms with van der Waals surface area (Å²) in [4.78, 5) is 23.9. The predicted molar refractivity (Wildman–Crippen MR) is 102 cm³/mol. The van der Waals surface area contributed by atoms with Crippen molar-refractivity contribution in [2.45, 2.75) is 26.7 Å². The highest BCUT2D eigenvalue weighted by atomic mass is 19.1. The molecule has 144 valence electrons. The van der Waals surface area contributed by atoms with Crippen LogP contribution in [0.15, 0.2) is 42.5 Å². The largest absolute Gasteiger partial charge is 0.494 e. The summed E-state index contributed by atoms with van der Waals surface area (Å²) >= 11 is 0. The second-order valence-corrected chi connectivity index (χ2v) is 6.11. The van der Waals surface area contributed by atoms with Gasteiger partial charge in [0.25, 0.3) is 5.91 Å². The summed E-state index contributed by atoms with van der Waals surface area (Å²) in [6.45, 7) is 4.72. The molecule has 0 atom stereocenters. The van der Waals surface area contributed by atoms with Crippen molar-refractivity contribution in [2.75, 3.05) is 19.7 Å². The lowest BCUT2D eigenvalue weighted by molar-refractivity contribution is -0.121. The van der Waals surface area contributed by atoms with Gasteiger partial charge in [-0.15, -0.1) is 0 Å². The molecular weight excluding hydrogens is 347 g/mol. The lowest BCUT2D eigenvalue weighted by atomic mass is 10.1. The van der Waals surface area contributed by atoms with Gasteiger partial charge in [0.05, 0.1) is 6.61 Å². The number of carbonyl (C=O) groups is 2. The summed E-state index contributed by atoms with van der Waals surface area (Å²) in [5, 5.41) is 5.42. The van der Waals surface area contributed by atoms with E-state index in [1.165, 1.54) is 6.07 Å². The summed E-state index contributed by atoms with van der Waals surface area (Å²) in [6, 6.07) is 12.0. The monoisotopic (exact) mass is 372 g/mol. The normalized spacial score (nSPS) is 10.3. The molecule has 27 heavy (non-hydrogen) atoms. The van der Waals surface area contributed by atoms with Gasteiger partial charge in [-0.1, -0.05) is 24.3 Å². The van der Waals surface area contributed by atoms with E-state index in [0.717, 1.165) is 11.3 Å². The lowest BCUT2D eigenvalue weighted by Crippen LogP contribution is -2.34. The Balaban J connectivity index is 1.70. The minimum atomic E-state index is -0.414. The van der Waals surface area contributed by atoms with Crippen LogP contribution in [-0.4, -0.2) is 31.5 Å². The summed E-state index contributed by atoms with van der Waals surface area (Å²) in [6.07, 6.45) is 0.915. The Morgan fingerprint density at radius 3 is 2.56 bits per heavy atom. The average molecular weight is 372 g/mol. The minimum Gasteiger partial charge on any atom is -0.494 e. The highest BCUT2D eigenvalue weighted by Gasteiger charge is 2.09. The van der Waals surface area contributed by atoms with Gasteiger partial charge in [0, 0.05) is 25.1 Å². The predicted octanol–water partition coefficient (Wildman–Crippen LogP) is 3.01. The smallest absolute Gasteiger partial charge is 0.251 e. The van der Waals surface area contributed by atoms with E-state index in [0.29, 0.717) is 31.6 Å². The van der Waals surface area contributed by atoms with Crippen molar-refractivity contribution in [3.05, 3.63) is 65.0 Å². The van der Waals surface area contributed by atoms with Gasteiger partial charge < -0.3 is 15.4 Å². The molecule has 0 saturated heterocycles. The first kappa shape index (κ1) is 20.4. The number of aryl methyl sites for hydroxylation is 2. The molecule has 0 aromatic heterocycles. The molecule has 6 heteroatoms. The van der Waals surface area contributed by atoms with Crippen LogP contribution in [0.5, 0.6) is 5.75 Å². The molecule has 0 aliphatic rings. The van der Waals surface area contributed by atoms with Crippen LogP contribution in [0, 0.1) is 12.7 Å². The second kappa shape index (κ2) is 10.3.